The summed E-state index contributed by atoms with van der Waals surface area (Å²) in [6.45, 7) is 7.90. The van der Waals surface area contributed by atoms with E-state index >= 15 is 0 Å². The van der Waals surface area contributed by atoms with Gasteiger partial charge in [-0.3, -0.25) is 0 Å². The summed E-state index contributed by atoms with van der Waals surface area (Å²) in [5.74, 6) is -1.71. The van der Waals surface area contributed by atoms with Gasteiger partial charge in [-0.25, -0.2) is 18.4 Å². The Kier molecular flexibility index (Phi) is 9.06. The second-order valence-corrected chi connectivity index (χ2v) is 8.44. The summed E-state index contributed by atoms with van der Waals surface area (Å²) >= 11 is 0. The number of ether oxygens (including phenoxy) is 4. The van der Waals surface area contributed by atoms with Gasteiger partial charge in [-0.05, 0) is 27.2 Å². The fraction of sp³-hybridized carbons (Fsp3) is 0.636. The molecule has 1 atom stereocenters. The van der Waals surface area contributed by atoms with Crippen LogP contribution in [0, 0.1) is 11.6 Å². The zero-order valence-corrected chi connectivity index (χ0v) is 19.3. The van der Waals surface area contributed by atoms with Crippen LogP contribution in [0.1, 0.15) is 39.7 Å². The van der Waals surface area contributed by atoms with Crippen molar-refractivity contribution < 1.29 is 37.3 Å². The summed E-state index contributed by atoms with van der Waals surface area (Å²) in [6.07, 6.45) is -0.564. The van der Waals surface area contributed by atoms with Gasteiger partial charge in [0.05, 0.1) is 18.2 Å². The van der Waals surface area contributed by atoms with Crippen molar-refractivity contribution in [1.82, 2.24) is 9.80 Å². The Morgan fingerprint density at radius 2 is 1.75 bits per heavy atom. The van der Waals surface area contributed by atoms with Crippen molar-refractivity contribution in [2.75, 3.05) is 40.0 Å². The lowest BCUT2D eigenvalue weighted by Crippen LogP contribution is -2.57. The van der Waals surface area contributed by atoms with Crippen LogP contribution in [0.4, 0.5) is 18.4 Å². The molecule has 10 heteroatoms. The highest BCUT2D eigenvalue weighted by Crippen LogP contribution is 2.23. The van der Waals surface area contributed by atoms with Crippen LogP contribution >= 0.6 is 0 Å². The molecule has 0 unspecified atom stereocenters. The number of methoxy groups -OCH3 is 1. The second-order valence-electron chi connectivity index (χ2n) is 8.44. The molecule has 1 saturated heterocycles. The minimum atomic E-state index is -0.869. The molecule has 0 spiro atoms. The van der Waals surface area contributed by atoms with Crippen molar-refractivity contribution >= 4 is 12.2 Å². The summed E-state index contributed by atoms with van der Waals surface area (Å²) in [4.78, 5) is 27.9. The Bertz CT molecular complexity index is 776. The van der Waals surface area contributed by atoms with Gasteiger partial charge in [0, 0.05) is 38.9 Å². The standard InChI is InChI=1S/C22H32F2N2O6/c1-6-15-13-25(20(27)32-22(2,3)4)7-8-26(15)21(28)31-14-17-18(23)11-16(12-19(17)24)30-10-9-29-5/h11-12,15H,6-10,13-14H2,1-5H3/t15-/m1/s1. The molecule has 0 radical (unpaired) electrons. The topological polar surface area (TPSA) is 77.5 Å². The van der Waals surface area contributed by atoms with Gasteiger partial charge < -0.3 is 28.7 Å². The first-order valence-electron chi connectivity index (χ1n) is 10.6. The molecule has 1 aromatic rings. The first-order valence-corrected chi connectivity index (χ1v) is 10.6. The number of benzene rings is 1. The minimum absolute atomic E-state index is 0.0245. The third kappa shape index (κ3) is 7.22. The molecule has 1 aromatic carbocycles. The summed E-state index contributed by atoms with van der Waals surface area (Å²) in [6, 6.07) is 1.78. The summed E-state index contributed by atoms with van der Waals surface area (Å²) in [5, 5.41) is 0. The number of carbonyl (C=O) groups is 2. The van der Waals surface area contributed by atoms with Crippen LogP contribution in [0.2, 0.25) is 0 Å². The number of nitrogens with zero attached hydrogens (tertiary/aromatic N) is 2. The van der Waals surface area contributed by atoms with Gasteiger partial charge in [0.25, 0.3) is 0 Å². The molecular formula is C22H32F2N2O6. The Balaban J connectivity index is 1.96. The van der Waals surface area contributed by atoms with E-state index in [1.54, 1.807) is 25.7 Å². The maximum Gasteiger partial charge on any atom is 0.410 e. The number of rotatable bonds is 7. The van der Waals surface area contributed by atoms with Crippen LogP contribution in [0.15, 0.2) is 12.1 Å². The van der Waals surface area contributed by atoms with Gasteiger partial charge in [0.2, 0.25) is 0 Å². The second kappa shape index (κ2) is 11.3. The maximum atomic E-state index is 14.3. The minimum Gasteiger partial charge on any atom is -0.491 e. The first kappa shape index (κ1) is 25.6. The van der Waals surface area contributed by atoms with Gasteiger partial charge in [0.1, 0.15) is 36.2 Å². The van der Waals surface area contributed by atoms with E-state index in [0.29, 0.717) is 6.42 Å². The predicted molar refractivity (Wildman–Crippen MR) is 113 cm³/mol. The number of hydrogen-bond acceptors (Lipinski definition) is 6. The largest absolute Gasteiger partial charge is 0.491 e. The molecule has 2 rings (SSSR count). The zero-order valence-electron chi connectivity index (χ0n) is 19.3. The quantitative estimate of drug-likeness (QED) is 0.576. The van der Waals surface area contributed by atoms with Gasteiger partial charge in [-0.2, -0.15) is 0 Å². The molecule has 0 bridgehead atoms. The molecule has 8 nitrogen and oxygen atoms in total. The van der Waals surface area contributed by atoms with Gasteiger partial charge in [-0.1, -0.05) is 6.92 Å². The van der Waals surface area contributed by atoms with Crippen molar-refractivity contribution in [3.63, 3.8) is 0 Å². The lowest BCUT2D eigenvalue weighted by Gasteiger charge is -2.40. The van der Waals surface area contributed by atoms with Gasteiger partial charge >= 0.3 is 12.2 Å². The number of halogens is 2. The molecule has 1 aliphatic heterocycles. The highest BCUT2D eigenvalue weighted by Gasteiger charge is 2.34. The SMILES string of the molecule is CC[C@@H]1CN(C(=O)OC(C)(C)C)CCN1C(=O)OCc1c(F)cc(OCCOC)cc1F. The third-order valence-electron chi connectivity index (χ3n) is 4.85. The fourth-order valence-electron chi connectivity index (χ4n) is 3.20. The molecule has 0 aliphatic carbocycles. The molecule has 1 aliphatic rings. The highest BCUT2D eigenvalue weighted by molar-refractivity contribution is 5.71. The molecule has 180 valence electrons. The fourth-order valence-corrected chi connectivity index (χ4v) is 3.20. The van der Waals surface area contributed by atoms with Crippen LogP contribution in [-0.4, -0.2) is 73.6 Å². The van der Waals surface area contributed by atoms with E-state index in [0.717, 1.165) is 12.1 Å². The van der Waals surface area contributed by atoms with Crippen molar-refractivity contribution in [3.8, 4) is 5.75 Å². The molecule has 0 aromatic heterocycles. The van der Waals surface area contributed by atoms with Crippen molar-refractivity contribution in [3.05, 3.63) is 29.3 Å². The smallest absolute Gasteiger partial charge is 0.410 e. The highest BCUT2D eigenvalue weighted by atomic mass is 19.1. The Hall–Kier alpha value is -2.62. The molecule has 1 heterocycles. The Labute approximate surface area is 187 Å². The molecule has 0 N–H and O–H groups in total. The molecule has 0 saturated carbocycles. The van der Waals surface area contributed by atoms with Crippen molar-refractivity contribution in [2.24, 2.45) is 0 Å². The molecular weight excluding hydrogens is 426 g/mol. The van der Waals surface area contributed by atoms with E-state index in [2.05, 4.69) is 0 Å². The first-order chi connectivity index (χ1) is 15.1. The van der Waals surface area contributed by atoms with Crippen LogP contribution in [0.25, 0.3) is 0 Å². The van der Waals surface area contributed by atoms with Crippen molar-refractivity contribution in [2.45, 2.75) is 52.4 Å². The van der Waals surface area contributed by atoms with E-state index in [1.807, 2.05) is 6.92 Å². The molecule has 32 heavy (non-hydrogen) atoms. The van der Waals surface area contributed by atoms with Gasteiger partial charge in [0.15, 0.2) is 0 Å². The zero-order chi connectivity index (χ0) is 23.9. The number of hydrogen-bond donors (Lipinski definition) is 0. The molecule has 1 fully saturated rings. The summed E-state index contributed by atoms with van der Waals surface area (Å²) < 4.78 is 49.2. The van der Waals surface area contributed by atoms with Crippen LogP contribution < -0.4 is 4.74 Å². The lowest BCUT2D eigenvalue weighted by atomic mass is 10.1. The number of piperazine rings is 1. The average Bonchev–Trinajstić information content (AvgIpc) is 2.71. The Morgan fingerprint density at radius 1 is 1.09 bits per heavy atom. The normalized spacial score (nSPS) is 16.7. The Morgan fingerprint density at radius 3 is 2.31 bits per heavy atom. The third-order valence-corrected chi connectivity index (χ3v) is 4.85. The number of carbonyl (C=O) groups excluding carboxylic acids is 2. The van der Waals surface area contributed by atoms with Crippen LogP contribution in [0.5, 0.6) is 5.75 Å². The van der Waals surface area contributed by atoms with E-state index in [-0.39, 0.29) is 50.2 Å². The van der Waals surface area contributed by atoms with Crippen molar-refractivity contribution in [1.29, 1.82) is 0 Å². The lowest BCUT2D eigenvalue weighted by molar-refractivity contribution is 0.000527. The predicted octanol–water partition coefficient (Wildman–Crippen LogP) is 3.96. The summed E-state index contributed by atoms with van der Waals surface area (Å²) in [5.41, 5.74) is -0.981. The number of amides is 2. The maximum absolute atomic E-state index is 14.3. The van der Waals surface area contributed by atoms with E-state index in [9.17, 15) is 18.4 Å². The van der Waals surface area contributed by atoms with E-state index in [1.165, 1.54) is 12.0 Å². The summed E-state index contributed by atoms with van der Waals surface area (Å²) in [7, 11) is 1.49. The van der Waals surface area contributed by atoms with Crippen LogP contribution in [-0.2, 0) is 20.8 Å². The van der Waals surface area contributed by atoms with Gasteiger partial charge in [-0.15, -0.1) is 0 Å². The molecule has 2 amide bonds. The van der Waals surface area contributed by atoms with E-state index in [4.69, 9.17) is 18.9 Å². The average molecular weight is 459 g/mol. The van der Waals surface area contributed by atoms with E-state index < -0.39 is 36.0 Å². The van der Waals surface area contributed by atoms with Crippen LogP contribution in [0.3, 0.4) is 0 Å². The monoisotopic (exact) mass is 458 g/mol.